The second-order valence-corrected chi connectivity index (χ2v) is 8.19. The number of nitrogens with zero attached hydrogens (tertiary/aromatic N) is 1. The largest absolute Gasteiger partial charge is 0.342 e. The minimum absolute atomic E-state index is 0.00518. The van der Waals surface area contributed by atoms with Gasteiger partial charge in [0.15, 0.2) is 9.84 Å². The molecule has 0 N–H and O–H groups in total. The summed E-state index contributed by atoms with van der Waals surface area (Å²) in [6, 6.07) is 6.59. The molecule has 0 unspecified atom stereocenters. The van der Waals surface area contributed by atoms with Crippen molar-refractivity contribution in [3.8, 4) is 0 Å². The third kappa shape index (κ3) is 4.80. The van der Waals surface area contributed by atoms with Crippen molar-refractivity contribution < 1.29 is 17.6 Å². The van der Waals surface area contributed by atoms with Crippen LogP contribution in [0.25, 0.3) is 0 Å². The van der Waals surface area contributed by atoms with Crippen molar-refractivity contribution in [1.29, 1.82) is 0 Å². The van der Waals surface area contributed by atoms with E-state index in [-0.39, 0.29) is 17.5 Å². The maximum absolute atomic E-state index is 13.2. The molecule has 1 heterocycles. The standard InChI is InChI=1S/C16H22FNO3S/c1-2-22(20,21)12-16(19)18-8-6-13(7-9-18)10-14-4-3-5-15(17)11-14/h3-5,11,13H,2,6-10,12H2,1H3. The van der Waals surface area contributed by atoms with Crippen LogP contribution in [0.5, 0.6) is 0 Å². The van der Waals surface area contributed by atoms with E-state index in [9.17, 15) is 17.6 Å². The Hall–Kier alpha value is -1.43. The molecule has 0 aliphatic carbocycles. The van der Waals surface area contributed by atoms with Crippen molar-refractivity contribution in [2.24, 2.45) is 5.92 Å². The molecule has 1 aromatic carbocycles. The summed E-state index contributed by atoms with van der Waals surface area (Å²) in [4.78, 5) is 13.6. The van der Waals surface area contributed by atoms with Gasteiger partial charge < -0.3 is 4.90 Å². The lowest BCUT2D eigenvalue weighted by molar-refractivity contribution is -0.129. The van der Waals surface area contributed by atoms with Crippen LogP contribution in [-0.2, 0) is 21.1 Å². The van der Waals surface area contributed by atoms with Crippen LogP contribution in [0.3, 0.4) is 0 Å². The van der Waals surface area contributed by atoms with E-state index in [0.29, 0.717) is 19.0 Å². The zero-order valence-corrected chi connectivity index (χ0v) is 13.6. The molecule has 1 aromatic rings. The van der Waals surface area contributed by atoms with Gasteiger partial charge in [0.2, 0.25) is 5.91 Å². The molecule has 1 aliphatic rings. The summed E-state index contributed by atoms with van der Waals surface area (Å²) in [5.41, 5.74) is 0.971. The second-order valence-electron chi connectivity index (χ2n) is 5.83. The number of halogens is 1. The molecule has 2 rings (SSSR count). The molecule has 6 heteroatoms. The van der Waals surface area contributed by atoms with Crippen molar-refractivity contribution in [1.82, 2.24) is 4.90 Å². The summed E-state index contributed by atoms with van der Waals surface area (Å²) >= 11 is 0. The Bertz CT molecular complexity index is 622. The van der Waals surface area contributed by atoms with Gasteiger partial charge in [0.25, 0.3) is 0 Å². The van der Waals surface area contributed by atoms with Gasteiger partial charge in [0, 0.05) is 18.8 Å². The van der Waals surface area contributed by atoms with E-state index < -0.39 is 15.6 Å². The first kappa shape index (κ1) is 16.9. The van der Waals surface area contributed by atoms with Gasteiger partial charge in [0.1, 0.15) is 11.6 Å². The number of sulfone groups is 1. The lowest BCUT2D eigenvalue weighted by Gasteiger charge is -2.32. The molecule has 1 fully saturated rings. The van der Waals surface area contributed by atoms with Crippen molar-refractivity contribution in [2.75, 3.05) is 24.6 Å². The van der Waals surface area contributed by atoms with E-state index in [4.69, 9.17) is 0 Å². The van der Waals surface area contributed by atoms with E-state index in [2.05, 4.69) is 0 Å². The Morgan fingerprint density at radius 2 is 2.00 bits per heavy atom. The molecule has 0 saturated carbocycles. The quantitative estimate of drug-likeness (QED) is 0.831. The minimum atomic E-state index is -3.27. The summed E-state index contributed by atoms with van der Waals surface area (Å²) in [6.45, 7) is 2.71. The summed E-state index contributed by atoms with van der Waals surface area (Å²) in [5, 5.41) is 0. The molecule has 22 heavy (non-hydrogen) atoms. The molecule has 1 saturated heterocycles. The fourth-order valence-corrected chi connectivity index (χ4v) is 3.53. The summed E-state index contributed by atoms with van der Waals surface area (Å²) < 4.78 is 36.2. The van der Waals surface area contributed by atoms with Crippen LogP contribution in [0.15, 0.2) is 24.3 Å². The van der Waals surface area contributed by atoms with Gasteiger partial charge in [-0.2, -0.15) is 0 Å². The minimum Gasteiger partial charge on any atom is -0.342 e. The third-order valence-electron chi connectivity index (χ3n) is 4.16. The Kier molecular flexibility index (Phi) is 5.56. The van der Waals surface area contributed by atoms with Gasteiger partial charge in [-0.15, -0.1) is 0 Å². The molecule has 4 nitrogen and oxygen atoms in total. The highest BCUT2D eigenvalue weighted by atomic mass is 32.2. The van der Waals surface area contributed by atoms with E-state index in [1.807, 2.05) is 6.07 Å². The van der Waals surface area contributed by atoms with Gasteiger partial charge in [-0.3, -0.25) is 4.79 Å². The average molecular weight is 327 g/mol. The third-order valence-corrected chi connectivity index (χ3v) is 5.73. The first-order valence-electron chi connectivity index (χ1n) is 7.62. The van der Waals surface area contributed by atoms with E-state index in [1.165, 1.54) is 6.07 Å². The smallest absolute Gasteiger partial charge is 0.237 e. The Balaban J connectivity index is 1.84. The molecular formula is C16H22FNO3S. The fourth-order valence-electron chi connectivity index (χ4n) is 2.77. The number of piperidine rings is 1. The number of benzene rings is 1. The predicted octanol–water partition coefficient (Wildman–Crippen LogP) is 2.04. The van der Waals surface area contributed by atoms with Crippen LogP contribution < -0.4 is 0 Å². The average Bonchev–Trinajstić information content (AvgIpc) is 2.47. The number of hydrogen-bond acceptors (Lipinski definition) is 3. The second kappa shape index (κ2) is 7.22. The van der Waals surface area contributed by atoms with Gasteiger partial charge in [-0.05, 0) is 42.9 Å². The van der Waals surface area contributed by atoms with Crippen molar-refractivity contribution in [3.63, 3.8) is 0 Å². The summed E-state index contributed by atoms with van der Waals surface area (Å²) in [5.74, 6) is -0.512. The zero-order valence-electron chi connectivity index (χ0n) is 12.8. The topological polar surface area (TPSA) is 54.5 Å². The Morgan fingerprint density at radius 1 is 1.32 bits per heavy atom. The van der Waals surface area contributed by atoms with Crippen molar-refractivity contribution in [2.45, 2.75) is 26.2 Å². The summed E-state index contributed by atoms with van der Waals surface area (Å²) in [7, 11) is -3.27. The van der Waals surface area contributed by atoms with Crippen LogP contribution in [0.2, 0.25) is 0 Å². The molecule has 0 aromatic heterocycles. The summed E-state index contributed by atoms with van der Waals surface area (Å²) in [6.07, 6.45) is 2.45. The zero-order chi connectivity index (χ0) is 16.2. The molecular weight excluding hydrogens is 305 g/mol. The number of rotatable bonds is 5. The van der Waals surface area contributed by atoms with Gasteiger partial charge in [0.05, 0.1) is 0 Å². The highest BCUT2D eigenvalue weighted by Crippen LogP contribution is 2.22. The molecule has 122 valence electrons. The van der Waals surface area contributed by atoms with E-state index in [0.717, 1.165) is 24.8 Å². The van der Waals surface area contributed by atoms with Crippen LogP contribution in [-0.4, -0.2) is 43.8 Å². The number of carbonyl (C=O) groups excluding carboxylic acids is 1. The Morgan fingerprint density at radius 3 is 2.59 bits per heavy atom. The SMILES string of the molecule is CCS(=O)(=O)CC(=O)N1CCC(Cc2cccc(F)c2)CC1. The molecule has 0 bridgehead atoms. The fraction of sp³-hybridized carbons (Fsp3) is 0.562. The molecule has 0 radical (unpaired) electrons. The maximum Gasteiger partial charge on any atom is 0.237 e. The number of carbonyl (C=O) groups is 1. The van der Waals surface area contributed by atoms with Gasteiger partial charge in [-0.1, -0.05) is 19.1 Å². The normalized spacial score (nSPS) is 16.7. The van der Waals surface area contributed by atoms with E-state index in [1.54, 1.807) is 24.0 Å². The molecule has 0 atom stereocenters. The highest BCUT2D eigenvalue weighted by molar-refractivity contribution is 7.92. The van der Waals surface area contributed by atoms with E-state index >= 15 is 0 Å². The van der Waals surface area contributed by atoms with Crippen LogP contribution in [0, 0.1) is 11.7 Å². The number of amides is 1. The van der Waals surface area contributed by atoms with Crippen LogP contribution in [0.1, 0.15) is 25.3 Å². The lowest BCUT2D eigenvalue weighted by Crippen LogP contribution is -2.42. The van der Waals surface area contributed by atoms with Crippen LogP contribution >= 0.6 is 0 Å². The first-order valence-corrected chi connectivity index (χ1v) is 9.44. The first-order chi connectivity index (χ1) is 10.4. The van der Waals surface area contributed by atoms with Crippen molar-refractivity contribution >= 4 is 15.7 Å². The lowest BCUT2D eigenvalue weighted by atomic mass is 9.90. The molecule has 0 spiro atoms. The van der Waals surface area contributed by atoms with Crippen LogP contribution in [0.4, 0.5) is 4.39 Å². The number of hydrogen-bond donors (Lipinski definition) is 0. The van der Waals surface area contributed by atoms with Crippen molar-refractivity contribution in [3.05, 3.63) is 35.6 Å². The maximum atomic E-state index is 13.2. The number of likely N-dealkylation sites (tertiary alicyclic amines) is 1. The monoisotopic (exact) mass is 327 g/mol. The Labute approximate surface area is 131 Å². The predicted molar refractivity (Wildman–Crippen MR) is 83.7 cm³/mol. The van der Waals surface area contributed by atoms with Gasteiger partial charge in [-0.25, -0.2) is 12.8 Å². The molecule has 1 aliphatic heterocycles. The molecule has 1 amide bonds. The van der Waals surface area contributed by atoms with Gasteiger partial charge >= 0.3 is 0 Å². The highest BCUT2D eigenvalue weighted by Gasteiger charge is 2.25.